The number of halogens is 1. The highest BCUT2D eigenvalue weighted by Gasteiger charge is 2.48. The third-order valence-corrected chi connectivity index (χ3v) is 7.00. The molecule has 5 nitrogen and oxygen atoms in total. The molecule has 3 amide bonds. The Morgan fingerprint density at radius 1 is 1.08 bits per heavy atom. The van der Waals surface area contributed by atoms with Crippen LogP contribution in [-0.4, -0.2) is 23.5 Å². The van der Waals surface area contributed by atoms with Crippen LogP contribution in [0.2, 0.25) is 0 Å². The van der Waals surface area contributed by atoms with Crippen LogP contribution in [0, 0.1) is 0 Å². The van der Waals surface area contributed by atoms with Crippen LogP contribution in [-0.2, 0) is 10.3 Å². The summed E-state index contributed by atoms with van der Waals surface area (Å²) < 4.78 is 1.05. The van der Waals surface area contributed by atoms with E-state index in [2.05, 4.69) is 44.0 Å². The van der Waals surface area contributed by atoms with Gasteiger partial charge in [-0.1, -0.05) is 40.9 Å². The Labute approximate surface area is 162 Å². The molecule has 1 aliphatic heterocycles. The number of hydrogen-bond acceptors (Lipinski definition) is 2. The lowest BCUT2D eigenvalue weighted by molar-refractivity contribution is -0.127. The topological polar surface area (TPSA) is 70.2 Å². The maximum absolute atomic E-state index is 12.9. The van der Waals surface area contributed by atoms with Crippen molar-refractivity contribution < 1.29 is 9.59 Å². The van der Waals surface area contributed by atoms with Crippen molar-refractivity contribution in [3.63, 3.8) is 0 Å². The molecule has 1 aromatic rings. The average molecular weight is 420 g/mol. The van der Waals surface area contributed by atoms with Gasteiger partial charge in [-0.05, 0) is 56.2 Å². The Balaban J connectivity index is 1.47. The van der Waals surface area contributed by atoms with E-state index in [-0.39, 0.29) is 29.1 Å². The molecule has 0 radical (unpaired) electrons. The highest BCUT2D eigenvalue weighted by Crippen LogP contribution is 2.40. The molecule has 2 saturated carbocycles. The van der Waals surface area contributed by atoms with Gasteiger partial charge in [0.05, 0.1) is 17.1 Å². The molecule has 3 N–H and O–H groups in total. The number of rotatable bonds is 3. The third kappa shape index (κ3) is 3.24. The molecule has 1 heterocycles. The minimum atomic E-state index is -0.282. The van der Waals surface area contributed by atoms with E-state index in [0.29, 0.717) is 6.42 Å². The molecule has 1 aromatic carbocycles. The summed E-state index contributed by atoms with van der Waals surface area (Å²) in [6.45, 7) is 0. The zero-order valence-corrected chi connectivity index (χ0v) is 16.5. The number of piperidine rings is 1. The fourth-order valence-electron chi connectivity index (χ4n) is 4.87. The van der Waals surface area contributed by atoms with Gasteiger partial charge in [-0.3, -0.25) is 4.79 Å². The minimum absolute atomic E-state index is 0.0253. The predicted octanol–water partition coefficient (Wildman–Crippen LogP) is 3.72. The van der Waals surface area contributed by atoms with E-state index in [4.69, 9.17) is 0 Å². The van der Waals surface area contributed by atoms with E-state index >= 15 is 0 Å². The first-order chi connectivity index (χ1) is 12.5. The standard InChI is InChI=1S/C20H26BrN3O2/c21-15-6-4-14(5-7-15)19(10-1-2-11-19)24-18(26)22-16-8-9-17(25)23-20(16)12-3-13-20/h4-7,16H,1-3,8-13H2,(H,23,25)(H2,22,24,26). The molecule has 4 rings (SSSR count). The number of carbonyl (C=O) groups excluding carboxylic acids is 2. The van der Waals surface area contributed by atoms with Gasteiger partial charge in [0.15, 0.2) is 0 Å². The summed E-state index contributed by atoms with van der Waals surface area (Å²) in [6.07, 6.45) is 8.43. The van der Waals surface area contributed by atoms with Crippen LogP contribution in [0.5, 0.6) is 0 Å². The van der Waals surface area contributed by atoms with Crippen LogP contribution in [0.4, 0.5) is 4.79 Å². The van der Waals surface area contributed by atoms with Crippen molar-refractivity contribution in [3.8, 4) is 0 Å². The first-order valence-electron chi connectivity index (χ1n) is 9.67. The third-order valence-electron chi connectivity index (χ3n) is 6.47. The van der Waals surface area contributed by atoms with Gasteiger partial charge in [0.2, 0.25) is 5.91 Å². The van der Waals surface area contributed by atoms with Crippen molar-refractivity contribution in [2.75, 3.05) is 0 Å². The molecular weight excluding hydrogens is 394 g/mol. The Bertz CT molecular complexity index is 694. The van der Waals surface area contributed by atoms with Crippen molar-refractivity contribution in [1.29, 1.82) is 0 Å². The fourth-order valence-corrected chi connectivity index (χ4v) is 5.13. The molecule has 1 unspecified atom stereocenters. The van der Waals surface area contributed by atoms with Gasteiger partial charge >= 0.3 is 6.03 Å². The molecule has 1 atom stereocenters. The predicted molar refractivity (Wildman–Crippen MR) is 104 cm³/mol. The van der Waals surface area contributed by atoms with Crippen molar-refractivity contribution in [2.24, 2.45) is 0 Å². The molecule has 6 heteroatoms. The van der Waals surface area contributed by atoms with E-state index in [9.17, 15) is 9.59 Å². The first-order valence-corrected chi connectivity index (χ1v) is 10.5. The summed E-state index contributed by atoms with van der Waals surface area (Å²) in [6, 6.07) is 8.19. The minimum Gasteiger partial charge on any atom is -0.349 e. The summed E-state index contributed by atoms with van der Waals surface area (Å²) in [4.78, 5) is 24.7. The molecule has 1 saturated heterocycles. The Morgan fingerprint density at radius 3 is 2.38 bits per heavy atom. The average Bonchev–Trinajstić information content (AvgIpc) is 3.05. The lowest BCUT2D eigenvalue weighted by Crippen LogP contribution is -2.69. The molecule has 140 valence electrons. The Kier molecular flexibility index (Phi) is 4.71. The molecule has 26 heavy (non-hydrogen) atoms. The summed E-state index contributed by atoms with van der Waals surface area (Å²) >= 11 is 3.49. The number of amides is 3. The van der Waals surface area contributed by atoms with Crippen LogP contribution < -0.4 is 16.0 Å². The highest BCUT2D eigenvalue weighted by atomic mass is 79.9. The molecular formula is C20H26BrN3O2. The Morgan fingerprint density at radius 2 is 1.77 bits per heavy atom. The lowest BCUT2D eigenvalue weighted by atomic mass is 9.68. The van der Waals surface area contributed by atoms with Gasteiger partial charge in [-0.25, -0.2) is 4.79 Å². The van der Waals surface area contributed by atoms with Gasteiger partial charge in [0, 0.05) is 10.9 Å². The van der Waals surface area contributed by atoms with E-state index in [1.54, 1.807) is 0 Å². The normalized spacial score (nSPS) is 26.0. The van der Waals surface area contributed by atoms with Crippen LogP contribution >= 0.6 is 15.9 Å². The van der Waals surface area contributed by atoms with E-state index in [1.165, 1.54) is 5.56 Å². The van der Waals surface area contributed by atoms with Gasteiger partial charge < -0.3 is 16.0 Å². The van der Waals surface area contributed by atoms with Crippen LogP contribution in [0.15, 0.2) is 28.7 Å². The molecule has 3 aliphatic rings. The smallest absolute Gasteiger partial charge is 0.315 e. The molecule has 3 fully saturated rings. The van der Waals surface area contributed by atoms with Crippen molar-refractivity contribution in [2.45, 2.75) is 74.9 Å². The molecule has 0 aromatic heterocycles. The second-order valence-corrected chi connectivity index (χ2v) is 8.96. The molecule has 1 spiro atoms. The quantitative estimate of drug-likeness (QED) is 0.698. The largest absolute Gasteiger partial charge is 0.349 e. The SMILES string of the molecule is O=C1CCC(NC(=O)NC2(c3ccc(Br)cc3)CCCC2)C2(CCC2)N1. The van der Waals surface area contributed by atoms with Gasteiger partial charge in [-0.15, -0.1) is 0 Å². The first kappa shape index (κ1) is 17.8. The Hall–Kier alpha value is -1.56. The van der Waals surface area contributed by atoms with Gasteiger partial charge in [0.1, 0.15) is 0 Å². The van der Waals surface area contributed by atoms with Crippen LogP contribution in [0.1, 0.15) is 63.4 Å². The number of nitrogens with one attached hydrogen (secondary N) is 3. The zero-order chi connectivity index (χ0) is 18.2. The van der Waals surface area contributed by atoms with Crippen LogP contribution in [0.3, 0.4) is 0 Å². The number of benzene rings is 1. The monoisotopic (exact) mass is 419 g/mol. The number of urea groups is 1. The second kappa shape index (κ2) is 6.87. The fraction of sp³-hybridized carbons (Fsp3) is 0.600. The zero-order valence-electron chi connectivity index (χ0n) is 14.9. The molecule has 0 bridgehead atoms. The summed E-state index contributed by atoms with van der Waals surface area (Å²) in [5, 5.41) is 9.62. The van der Waals surface area contributed by atoms with Crippen molar-refractivity contribution in [1.82, 2.24) is 16.0 Å². The number of hydrogen-bond donors (Lipinski definition) is 3. The maximum atomic E-state index is 12.9. The van der Waals surface area contributed by atoms with Crippen molar-refractivity contribution >= 4 is 27.9 Å². The lowest BCUT2D eigenvalue weighted by Gasteiger charge is -2.51. The van der Waals surface area contributed by atoms with E-state index in [0.717, 1.165) is 55.8 Å². The van der Waals surface area contributed by atoms with Gasteiger partial charge in [0.25, 0.3) is 0 Å². The summed E-state index contributed by atoms with van der Waals surface area (Å²) in [5.74, 6) is 0.116. The van der Waals surface area contributed by atoms with Gasteiger partial charge in [-0.2, -0.15) is 0 Å². The van der Waals surface area contributed by atoms with E-state index < -0.39 is 0 Å². The number of carbonyl (C=O) groups is 2. The second-order valence-electron chi connectivity index (χ2n) is 8.04. The highest BCUT2D eigenvalue weighted by molar-refractivity contribution is 9.10. The molecule has 2 aliphatic carbocycles. The maximum Gasteiger partial charge on any atom is 0.315 e. The summed E-state index contributed by atoms with van der Waals surface area (Å²) in [7, 11) is 0. The van der Waals surface area contributed by atoms with Crippen molar-refractivity contribution in [3.05, 3.63) is 34.3 Å². The van der Waals surface area contributed by atoms with E-state index in [1.807, 2.05) is 12.1 Å². The van der Waals surface area contributed by atoms with Crippen LogP contribution in [0.25, 0.3) is 0 Å². The summed E-state index contributed by atoms with van der Waals surface area (Å²) in [5.41, 5.74) is 0.673.